The summed E-state index contributed by atoms with van der Waals surface area (Å²) in [5, 5.41) is 9.06. The Bertz CT molecular complexity index is 348. The maximum atomic E-state index is 9.06. The molecule has 0 amide bonds. The standard InChI is InChI=1S/C14H21NO2/c1-2-7-15(8-9-16)10-12-11-17-14-6-4-3-5-13(12)14/h3-6,12,16H,2,7-11H2,1H3. The van der Waals surface area contributed by atoms with Crippen LogP contribution in [0.5, 0.6) is 5.75 Å². The quantitative estimate of drug-likeness (QED) is 0.817. The molecule has 3 heteroatoms. The highest BCUT2D eigenvalue weighted by molar-refractivity contribution is 5.39. The monoisotopic (exact) mass is 235 g/mol. The van der Waals surface area contributed by atoms with Gasteiger partial charge >= 0.3 is 0 Å². The van der Waals surface area contributed by atoms with Crippen LogP contribution in [0.1, 0.15) is 24.8 Å². The van der Waals surface area contributed by atoms with Crippen LogP contribution in [-0.4, -0.2) is 42.9 Å². The van der Waals surface area contributed by atoms with E-state index in [1.165, 1.54) is 5.56 Å². The number of aliphatic hydroxyl groups is 1. The molecular weight excluding hydrogens is 214 g/mol. The maximum Gasteiger partial charge on any atom is 0.122 e. The Labute approximate surface area is 103 Å². The van der Waals surface area contributed by atoms with Crippen molar-refractivity contribution in [1.29, 1.82) is 0 Å². The minimum Gasteiger partial charge on any atom is -0.493 e. The number of para-hydroxylation sites is 1. The summed E-state index contributed by atoms with van der Waals surface area (Å²) in [5.74, 6) is 1.47. The Morgan fingerprint density at radius 2 is 2.18 bits per heavy atom. The molecule has 0 spiro atoms. The van der Waals surface area contributed by atoms with Crippen molar-refractivity contribution in [3.05, 3.63) is 29.8 Å². The van der Waals surface area contributed by atoms with E-state index < -0.39 is 0 Å². The van der Waals surface area contributed by atoms with E-state index in [-0.39, 0.29) is 6.61 Å². The van der Waals surface area contributed by atoms with E-state index in [1.807, 2.05) is 12.1 Å². The summed E-state index contributed by atoms with van der Waals surface area (Å²) in [6, 6.07) is 8.26. The smallest absolute Gasteiger partial charge is 0.122 e. The van der Waals surface area contributed by atoms with Gasteiger partial charge in [-0.2, -0.15) is 0 Å². The van der Waals surface area contributed by atoms with Crippen LogP contribution < -0.4 is 4.74 Å². The van der Waals surface area contributed by atoms with Gasteiger partial charge in [0.2, 0.25) is 0 Å². The Morgan fingerprint density at radius 1 is 1.35 bits per heavy atom. The highest BCUT2D eigenvalue weighted by Crippen LogP contribution is 2.33. The first-order valence-corrected chi connectivity index (χ1v) is 6.40. The van der Waals surface area contributed by atoms with Crippen LogP contribution in [0, 0.1) is 0 Å². The number of hydrogen-bond acceptors (Lipinski definition) is 3. The predicted octanol–water partition coefficient (Wildman–Crippen LogP) is 1.87. The zero-order valence-electron chi connectivity index (χ0n) is 10.4. The van der Waals surface area contributed by atoms with Crippen molar-refractivity contribution in [2.45, 2.75) is 19.3 Å². The highest BCUT2D eigenvalue weighted by Gasteiger charge is 2.25. The first-order chi connectivity index (χ1) is 8.35. The highest BCUT2D eigenvalue weighted by atomic mass is 16.5. The van der Waals surface area contributed by atoms with E-state index >= 15 is 0 Å². The van der Waals surface area contributed by atoms with Gasteiger partial charge in [-0.15, -0.1) is 0 Å². The van der Waals surface area contributed by atoms with Crippen molar-refractivity contribution in [1.82, 2.24) is 4.90 Å². The third kappa shape index (κ3) is 2.99. The fourth-order valence-electron chi connectivity index (χ4n) is 2.44. The van der Waals surface area contributed by atoms with Crippen molar-refractivity contribution in [3.8, 4) is 5.75 Å². The molecule has 1 aliphatic rings. The summed E-state index contributed by atoms with van der Waals surface area (Å²) in [6.45, 7) is 5.95. The average Bonchev–Trinajstić information content (AvgIpc) is 2.74. The summed E-state index contributed by atoms with van der Waals surface area (Å²) in [6.07, 6.45) is 1.12. The number of aliphatic hydroxyl groups excluding tert-OH is 1. The fourth-order valence-corrected chi connectivity index (χ4v) is 2.44. The number of benzene rings is 1. The molecule has 1 N–H and O–H groups in total. The molecule has 0 radical (unpaired) electrons. The first-order valence-electron chi connectivity index (χ1n) is 6.40. The van der Waals surface area contributed by atoms with Gasteiger partial charge in [-0.25, -0.2) is 0 Å². The third-order valence-electron chi connectivity index (χ3n) is 3.23. The van der Waals surface area contributed by atoms with E-state index in [2.05, 4.69) is 24.0 Å². The lowest BCUT2D eigenvalue weighted by atomic mass is 10.0. The normalized spacial score (nSPS) is 18.2. The van der Waals surface area contributed by atoms with Gasteiger partial charge in [0.1, 0.15) is 5.75 Å². The lowest BCUT2D eigenvalue weighted by molar-refractivity contribution is 0.180. The summed E-state index contributed by atoms with van der Waals surface area (Å²) < 4.78 is 5.68. The molecule has 0 bridgehead atoms. The summed E-state index contributed by atoms with van der Waals surface area (Å²) in [4.78, 5) is 2.32. The Morgan fingerprint density at radius 3 is 2.94 bits per heavy atom. The van der Waals surface area contributed by atoms with E-state index in [4.69, 9.17) is 9.84 Å². The lowest BCUT2D eigenvalue weighted by Gasteiger charge is -2.23. The molecule has 1 aromatic rings. The van der Waals surface area contributed by atoms with Gasteiger partial charge in [0, 0.05) is 24.6 Å². The van der Waals surface area contributed by atoms with Crippen molar-refractivity contribution in [2.24, 2.45) is 0 Å². The van der Waals surface area contributed by atoms with Crippen LogP contribution in [0.4, 0.5) is 0 Å². The third-order valence-corrected chi connectivity index (χ3v) is 3.23. The van der Waals surface area contributed by atoms with E-state index in [0.29, 0.717) is 5.92 Å². The number of rotatable bonds is 6. The maximum absolute atomic E-state index is 9.06. The van der Waals surface area contributed by atoms with Gasteiger partial charge in [0.05, 0.1) is 13.2 Å². The zero-order valence-corrected chi connectivity index (χ0v) is 10.4. The molecule has 0 aromatic heterocycles. The number of ether oxygens (including phenoxy) is 1. The van der Waals surface area contributed by atoms with Gasteiger partial charge in [-0.3, -0.25) is 0 Å². The van der Waals surface area contributed by atoms with Crippen LogP contribution in [0.15, 0.2) is 24.3 Å². The minimum absolute atomic E-state index is 0.231. The van der Waals surface area contributed by atoms with Crippen LogP contribution in [0.2, 0.25) is 0 Å². The fraction of sp³-hybridized carbons (Fsp3) is 0.571. The Balaban J connectivity index is 1.99. The molecule has 2 rings (SSSR count). The molecule has 3 nitrogen and oxygen atoms in total. The summed E-state index contributed by atoms with van der Waals surface area (Å²) >= 11 is 0. The van der Waals surface area contributed by atoms with Crippen LogP contribution >= 0.6 is 0 Å². The van der Waals surface area contributed by atoms with Gasteiger partial charge in [0.15, 0.2) is 0 Å². The zero-order chi connectivity index (χ0) is 12.1. The Hall–Kier alpha value is -1.06. The summed E-state index contributed by atoms with van der Waals surface area (Å²) in [5.41, 5.74) is 1.31. The number of fused-ring (bicyclic) bond motifs is 1. The van der Waals surface area contributed by atoms with Gasteiger partial charge in [0.25, 0.3) is 0 Å². The molecule has 0 aliphatic carbocycles. The molecule has 0 saturated carbocycles. The molecule has 1 heterocycles. The van der Waals surface area contributed by atoms with Crippen LogP contribution in [0.3, 0.4) is 0 Å². The second-order valence-corrected chi connectivity index (χ2v) is 4.57. The molecular formula is C14H21NO2. The molecule has 1 atom stereocenters. The van der Waals surface area contributed by atoms with Gasteiger partial charge in [-0.1, -0.05) is 25.1 Å². The van der Waals surface area contributed by atoms with Crippen molar-refractivity contribution in [2.75, 3.05) is 32.8 Å². The number of hydrogen-bond donors (Lipinski definition) is 1. The molecule has 94 valence electrons. The average molecular weight is 235 g/mol. The largest absolute Gasteiger partial charge is 0.493 e. The van der Waals surface area contributed by atoms with Crippen molar-refractivity contribution >= 4 is 0 Å². The predicted molar refractivity (Wildman–Crippen MR) is 68.5 cm³/mol. The second-order valence-electron chi connectivity index (χ2n) is 4.57. The Kier molecular flexibility index (Phi) is 4.40. The molecule has 17 heavy (non-hydrogen) atoms. The summed E-state index contributed by atoms with van der Waals surface area (Å²) in [7, 11) is 0. The minimum atomic E-state index is 0.231. The van der Waals surface area contributed by atoms with E-state index in [1.54, 1.807) is 0 Å². The van der Waals surface area contributed by atoms with E-state index in [0.717, 1.165) is 38.4 Å². The number of nitrogens with zero attached hydrogens (tertiary/aromatic N) is 1. The van der Waals surface area contributed by atoms with Crippen LogP contribution in [0.25, 0.3) is 0 Å². The van der Waals surface area contributed by atoms with E-state index in [9.17, 15) is 0 Å². The molecule has 0 saturated heterocycles. The lowest BCUT2D eigenvalue weighted by Crippen LogP contribution is -2.32. The van der Waals surface area contributed by atoms with Crippen molar-refractivity contribution in [3.63, 3.8) is 0 Å². The SMILES string of the molecule is CCCN(CCO)CC1COc2ccccc21. The van der Waals surface area contributed by atoms with Crippen molar-refractivity contribution < 1.29 is 9.84 Å². The first kappa shape index (κ1) is 12.4. The second kappa shape index (κ2) is 6.03. The van der Waals surface area contributed by atoms with Gasteiger partial charge in [-0.05, 0) is 19.0 Å². The van der Waals surface area contributed by atoms with Gasteiger partial charge < -0.3 is 14.7 Å². The molecule has 0 fully saturated rings. The molecule has 1 aliphatic heterocycles. The molecule has 1 aromatic carbocycles. The van der Waals surface area contributed by atoms with Crippen LogP contribution in [-0.2, 0) is 0 Å². The molecule has 1 unspecified atom stereocenters. The topological polar surface area (TPSA) is 32.7 Å².